The number of carbonyl (C=O) groups excluding carboxylic acids is 1. The van der Waals surface area contributed by atoms with Crippen molar-refractivity contribution >= 4 is 29.2 Å². The molecule has 1 aliphatic heterocycles. The smallest absolute Gasteiger partial charge is 0.489 e. The van der Waals surface area contributed by atoms with Crippen LogP contribution in [0.2, 0.25) is 10.0 Å². The molecule has 1 N–H and O–H groups in total. The first-order chi connectivity index (χ1) is 15.5. The van der Waals surface area contributed by atoms with E-state index in [0.29, 0.717) is 24.6 Å². The zero-order valence-corrected chi connectivity index (χ0v) is 19.5. The maximum atomic E-state index is 12.8. The Hall–Kier alpha value is -2.16. The highest BCUT2D eigenvalue weighted by Crippen LogP contribution is 2.32. The molecular weight excluding hydrogens is 482 g/mol. The van der Waals surface area contributed by atoms with Gasteiger partial charge in [-0.05, 0) is 35.7 Å². The molecule has 2 aromatic carbocycles. The van der Waals surface area contributed by atoms with Gasteiger partial charge in [0.25, 0.3) is 0 Å². The second-order valence-corrected chi connectivity index (χ2v) is 8.80. The number of halogens is 5. The number of carbonyl (C=O) groups is 1. The van der Waals surface area contributed by atoms with E-state index in [1.54, 1.807) is 12.1 Å². The fraction of sp³-hybridized carbons (Fsp3) is 0.435. The Labute approximate surface area is 200 Å². The van der Waals surface area contributed by atoms with E-state index in [9.17, 15) is 18.0 Å². The van der Waals surface area contributed by atoms with Crippen LogP contribution in [0, 0.1) is 0 Å². The maximum absolute atomic E-state index is 12.8. The maximum Gasteiger partial charge on any atom is 0.490 e. The van der Waals surface area contributed by atoms with Crippen LogP contribution in [0.15, 0.2) is 42.5 Å². The lowest BCUT2D eigenvalue weighted by molar-refractivity contribution is -0.207. The third-order valence-electron chi connectivity index (χ3n) is 5.23. The van der Waals surface area contributed by atoms with Gasteiger partial charge < -0.3 is 19.5 Å². The van der Waals surface area contributed by atoms with E-state index in [0.717, 1.165) is 0 Å². The van der Waals surface area contributed by atoms with Gasteiger partial charge in [-0.1, -0.05) is 55.2 Å². The van der Waals surface area contributed by atoms with E-state index in [2.05, 4.69) is 19.2 Å². The van der Waals surface area contributed by atoms with Crippen LogP contribution in [0.5, 0.6) is 11.5 Å². The SMILES string of the molecule is CC(C)c1ccc(O[C@H]2CN[C@H](C(COc3cccc(Cl)c3Cl)OC(=O)C(F)(F)F)C2)cc1. The minimum atomic E-state index is -5.13. The van der Waals surface area contributed by atoms with Crippen LogP contribution in [0.4, 0.5) is 13.2 Å². The lowest BCUT2D eigenvalue weighted by Crippen LogP contribution is -2.44. The van der Waals surface area contributed by atoms with E-state index >= 15 is 0 Å². The molecule has 5 nitrogen and oxygen atoms in total. The molecule has 1 fully saturated rings. The molecule has 1 aliphatic rings. The average molecular weight is 506 g/mol. The second kappa shape index (κ2) is 10.8. The first kappa shape index (κ1) is 25.5. The number of ether oxygens (including phenoxy) is 3. The Bertz CT molecular complexity index is 954. The van der Waals surface area contributed by atoms with Crippen molar-refractivity contribution in [3.8, 4) is 11.5 Å². The van der Waals surface area contributed by atoms with Crippen LogP contribution in [0.1, 0.15) is 31.7 Å². The van der Waals surface area contributed by atoms with Gasteiger partial charge in [-0.2, -0.15) is 13.2 Å². The van der Waals surface area contributed by atoms with Crippen molar-refractivity contribution in [1.29, 1.82) is 0 Å². The second-order valence-electron chi connectivity index (χ2n) is 8.02. The molecule has 0 aromatic heterocycles. The number of alkyl halides is 3. The van der Waals surface area contributed by atoms with Crippen molar-refractivity contribution in [3.05, 3.63) is 58.1 Å². The molecule has 1 saturated heterocycles. The Morgan fingerprint density at radius 3 is 2.48 bits per heavy atom. The van der Waals surface area contributed by atoms with Crippen LogP contribution in [-0.4, -0.2) is 43.5 Å². The van der Waals surface area contributed by atoms with Crippen LogP contribution in [-0.2, 0) is 9.53 Å². The van der Waals surface area contributed by atoms with Gasteiger partial charge >= 0.3 is 12.1 Å². The zero-order chi connectivity index (χ0) is 24.2. The molecule has 0 bridgehead atoms. The van der Waals surface area contributed by atoms with Crippen LogP contribution >= 0.6 is 23.2 Å². The van der Waals surface area contributed by atoms with Gasteiger partial charge in [-0.15, -0.1) is 0 Å². The summed E-state index contributed by atoms with van der Waals surface area (Å²) in [5.41, 5.74) is 1.17. The summed E-state index contributed by atoms with van der Waals surface area (Å²) in [7, 11) is 0. The largest absolute Gasteiger partial charge is 0.490 e. The minimum absolute atomic E-state index is 0.116. The predicted octanol–water partition coefficient (Wildman–Crippen LogP) is 5.78. The van der Waals surface area contributed by atoms with Crippen LogP contribution in [0.25, 0.3) is 0 Å². The van der Waals surface area contributed by atoms with Gasteiger partial charge in [0.05, 0.1) is 11.1 Å². The molecule has 1 heterocycles. The number of rotatable bonds is 8. The van der Waals surface area contributed by atoms with Crippen LogP contribution < -0.4 is 14.8 Å². The van der Waals surface area contributed by atoms with Gasteiger partial charge in [0.1, 0.15) is 29.2 Å². The van der Waals surface area contributed by atoms with Crippen molar-refractivity contribution in [3.63, 3.8) is 0 Å². The molecule has 33 heavy (non-hydrogen) atoms. The average Bonchev–Trinajstić information content (AvgIpc) is 3.21. The molecule has 3 atom stereocenters. The standard InChI is InChI=1S/C23H24Cl2F3NO4/c1-13(2)14-6-8-15(9-7-14)32-16-10-18(29-11-16)20(33-22(30)23(26,27)28)12-31-19-5-3-4-17(24)21(19)25/h3-9,13,16,18,20,29H,10-12H2,1-2H3/t16-,18+,20?/m1/s1. The number of esters is 1. The lowest BCUT2D eigenvalue weighted by atomic mass is 10.0. The molecule has 0 spiro atoms. The summed E-state index contributed by atoms with van der Waals surface area (Å²) in [4.78, 5) is 11.5. The lowest BCUT2D eigenvalue weighted by Gasteiger charge is -2.25. The molecule has 0 amide bonds. The number of hydrogen-bond donors (Lipinski definition) is 1. The molecule has 1 unspecified atom stereocenters. The van der Waals surface area contributed by atoms with Gasteiger partial charge in [0.15, 0.2) is 6.10 Å². The molecule has 0 aliphatic carbocycles. The Morgan fingerprint density at radius 1 is 1.15 bits per heavy atom. The third kappa shape index (κ3) is 6.91. The fourth-order valence-corrected chi connectivity index (χ4v) is 3.78. The van der Waals surface area contributed by atoms with E-state index in [1.165, 1.54) is 11.6 Å². The molecule has 0 saturated carbocycles. The Kier molecular flexibility index (Phi) is 8.37. The van der Waals surface area contributed by atoms with Gasteiger partial charge in [-0.25, -0.2) is 4.79 Å². The van der Waals surface area contributed by atoms with Crippen molar-refractivity contribution in [1.82, 2.24) is 5.32 Å². The predicted molar refractivity (Wildman–Crippen MR) is 119 cm³/mol. The van der Waals surface area contributed by atoms with Crippen molar-refractivity contribution < 1.29 is 32.2 Å². The zero-order valence-electron chi connectivity index (χ0n) is 18.0. The molecule has 2 aromatic rings. The van der Waals surface area contributed by atoms with E-state index < -0.39 is 24.3 Å². The first-order valence-corrected chi connectivity index (χ1v) is 11.1. The van der Waals surface area contributed by atoms with E-state index in [1.807, 2.05) is 24.3 Å². The minimum Gasteiger partial charge on any atom is -0.489 e. The summed E-state index contributed by atoms with van der Waals surface area (Å²) in [5, 5.41) is 3.41. The summed E-state index contributed by atoms with van der Waals surface area (Å²) in [6, 6.07) is 11.7. The highest BCUT2D eigenvalue weighted by atomic mass is 35.5. The molecular formula is C23H24Cl2F3NO4. The van der Waals surface area contributed by atoms with E-state index in [4.69, 9.17) is 37.4 Å². The highest BCUT2D eigenvalue weighted by Gasteiger charge is 2.44. The fourth-order valence-electron chi connectivity index (χ4n) is 3.43. The summed E-state index contributed by atoms with van der Waals surface area (Å²) < 4.78 is 54.8. The van der Waals surface area contributed by atoms with E-state index in [-0.39, 0.29) is 28.5 Å². The first-order valence-electron chi connectivity index (χ1n) is 10.4. The van der Waals surface area contributed by atoms with Gasteiger partial charge in [-0.3, -0.25) is 0 Å². The monoisotopic (exact) mass is 505 g/mol. The third-order valence-corrected chi connectivity index (χ3v) is 6.03. The summed E-state index contributed by atoms with van der Waals surface area (Å²) in [6.45, 7) is 4.19. The Balaban J connectivity index is 1.66. The summed E-state index contributed by atoms with van der Waals surface area (Å²) in [5.74, 6) is -1.08. The van der Waals surface area contributed by atoms with Crippen molar-refractivity contribution in [2.24, 2.45) is 0 Å². The number of hydrogen-bond acceptors (Lipinski definition) is 5. The normalized spacial score (nSPS) is 19.4. The topological polar surface area (TPSA) is 56.8 Å². The molecule has 10 heteroatoms. The van der Waals surface area contributed by atoms with Crippen molar-refractivity contribution in [2.75, 3.05) is 13.2 Å². The van der Waals surface area contributed by atoms with Crippen molar-refractivity contribution in [2.45, 2.75) is 50.6 Å². The van der Waals surface area contributed by atoms with Gasteiger partial charge in [0.2, 0.25) is 0 Å². The quantitative estimate of drug-likeness (QED) is 0.461. The molecule has 3 rings (SSSR count). The highest BCUT2D eigenvalue weighted by molar-refractivity contribution is 6.42. The number of nitrogens with one attached hydrogen (secondary N) is 1. The summed E-state index contributed by atoms with van der Waals surface area (Å²) >= 11 is 12.0. The molecule has 180 valence electrons. The number of benzene rings is 2. The van der Waals surface area contributed by atoms with Gasteiger partial charge in [0, 0.05) is 13.0 Å². The van der Waals surface area contributed by atoms with Crippen LogP contribution in [0.3, 0.4) is 0 Å². The summed E-state index contributed by atoms with van der Waals surface area (Å²) in [6.07, 6.45) is -6.36. The Morgan fingerprint density at radius 2 is 1.85 bits per heavy atom. The molecule has 0 radical (unpaired) electrons.